The number of likely N-dealkylation sites (tertiary alicyclic amines) is 2. The average Bonchev–Trinajstić information content (AvgIpc) is 3.16. The van der Waals surface area contributed by atoms with Gasteiger partial charge in [-0.3, -0.25) is 14.3 Å². The summed E-state index contributed by atoms with van der Waals surface area (Å²) in [6.45, 7) is 6.58. The molecule has 3 rings (SSSR count). The molecule has 1 aromatic heterocycles. The van der Waals surface area contributed by atoms with Crippen molar-refractivity contribution in [1.82, 2.24) is 19.6 Å². The molecule has 6 heteroatoms. The Balaban J connectivity index is 1.64. The highest BCUT2D eigenvalue weighted by molar-refractivity contribution is 5.81. The SMILES string of the molecule is CC(=O)N1CCC[C@@H](C(=O)N2CCC[C@H]2Cn2cc(C)cn2)C1. The maximum atomic E-state index is 12.9. The standard InChI is InChI=1S/C17H26N4O2/c1-13-9-18-20(10-13)12-16-6-4-8-21(16)17(23)15-5-3-7-19(11-15)14(2)22/h9-10,15-16H,3-8,11-12H2,1-2H3/t15-,16+/m1/s1. The van der Waals surface area contributed by atoms with Crippen molar-refractivity contribution >= 4 is 11.8 Å². The number of piperidine rings is 1. The molecule has 0 radical (unpaired) electrons. The van der Waals surface area contributed by atoms with Crippen molar-refractivity contribution < 1.29 is 9.59 Å². The molecular formula is C17H26N4O2. The molecular weight excluding hydrogens is 292 g/mol. The zero-order chi connectivity index (χ0) is 16.4. The lowest BCUT2D eigenvalue weighted by Crippen LogP contribution is -2.48. The molecule has 0 aromatic carbocycles. The monoisotopic (exact) mass is 318 g/mol. The van der Waals surface area contributed by atoms with E-state index in [-0.39, 0.29) is 23.8 Å². The topological polar surface area (TPSA) is 58.4 Å². The summed E-state index contributed by atoms with van der Waals surface area (Å²) in [5.41, 5.74) is 1.14. The number of hydrogen-bond donors (Lipinski definition) is 0. The molecule has 2 fully saturated rings. The lowest BCUT2D eigenvalue weighted by molar-refractivity contribution is -0.141. The summed E-state index contributed by atoms with van der Waals surface area (Å²) in [7, 11) is 0. The van der Waals surface area contributed by atoms with Crippen LogP contribution in [0.3, 0.4) is 0 Å². The number of hydrogen-bond acceptors (Lipinski definition) is 3. The summed E-state index contributed by atoms with van der Waals surface area (Å²) in [6, 6.07) is 0.231. The van der Waals surface area contributed by atoms with Crippen LogP contribution in [0.5, 0.6) is 0 Å². The first-order valence-corrected chi connectivity index (χ1v) is 8.59. The first-order valence-electron chi connectivity index (χ1n) is 8.59. The zero-order valence-electron chi connectivity index (χ0n) is 14.1. The van der Waals surface area contributed by atoms with Crippen LogP contribution in [0.15, 0.2) is 12.4 Å². The molecule has 2 amide bonds. The van der Waals surface area contributed by atoms with Crippen molar-refractivity contribution in [2.45, 2.75) is 52.1 Å². The van der Waals surface area contributed by atoms with Gasteiger partial charge >= 0.3 is 0 Å². The number of aromatic nitrogens is 2. The largest absolute Gasteiger partial charge is 0.342 e. The summed E-state index contributed by atoms with van der Waals surface area (Å²) < 4.78 is 1.94. The van der Waals surface area contributed by atoms with Crippen LogP contribution < -0.4 is 0 Å². The molecule has 2 atom stereocenters. The van der Waals surface area contributed by atoms with Crippen molar-refractivity contribution in [2.24, 2.45) is 5.92 Å². The second-order valence-corrected chi connectivity index (χ2v) is 6.87. The van der Waals surface area contributed by atoms with Crippen molar-refractivity contribution in [3.63, 3.8) is 0 Å². The fourth-order valence-corrected chi connectivity index (χ4v) is 3.80. The molecule has 126 valence electrons. The normalized spacial score (nSPS) is 25.0. The van der Waals surface area contributed by atoms with Crippen LogP contribution in [0.2, 0.25) is 0 Å². The number of carbonyl (C=O) groups is 2. The first kappa shape index (κ1) is 16.0. The predicted molar refractivity (Wildman–Crippen MR) is 86.7 cm³/mol. The predicted octanol–water partition coefficient (Wildman–Crippen LogP) is 1.44. The molecule has 0 saturated carbocycles. The van der Waals surface area contributed by atoms with E-state index in [2.05, 4.69) is 5.10 Å². The molecule has 0 aliphatic carbocycles. The highest BCUT2D eigenvalue weighted by Gasteiger charge is 2.35. The molecule has 1 aromatic rings. The Morgan fingerprint density at radius 3 is 2.74 bits per heavy atom. The maximum Gasteiger partial charge on any atom is 0.227 e. The van der Waals surface area contributed by atoms with E-state index in [0.29, 0.717) is 6.54 Å². The lowest BCUT2D eigenvalue weighted by atomic mass is 9.96. The van der Waals surface area contributed by atoms with Gasteiger partial charge in [0.25, 0.3) is 0 Å². The van der Waals surface area contributed by atoms with E-state index >= 15 is 0 Å². The van der Waals surface area contributed by atoms with Gasteiger partial charge in [0.15, 0.2) is 0 Å². The summed E-state index contributed by atoms with van der Waals surface area (Å²) in [4.78, 5) is 28.4. The number of rotatable bonds is 3. The van der Waals surface area contributed by atoms with E-state index in [9.17, 15) is 9.59 Å². The minimum absolute atomic E-state index is 0.0346. The Hall–Kier alpha value is -1.85. The molecule has 2 aliphatic heterocycles. The summed E-state index contributed by atoms with van der Waals surface area (Å²) in [6.07, 6.45) is 7.79. The Bertz CT molecular complexity index is 583. The van der Waals surface area contributed by atoms with Gasteiger partial charge in [-0.2, -0.15) is 5.10 Å². The van der Waals surface area contributed by atoms with Gasteiger partial charge in [0.05, 0.1) is 24.7 Å². The molecule has 0 bridgehead atoms. The Morgan fingerprint density at radius 1 is 1.26 bits per heavy atom. The van der Waals surface area contributed by atoms with Crippen LogP contribution in [0.4, 0.5) is 0 Å². The van der Waals surface area contributed by atoms with Crippen molar-refractivity contribution in [2.75, 3.05) is 19.6 Å². The van der Waals surface area contributed by atoms with E-state index in [4.69, 9.17) is 0 Å². The molecule has 0 N–H and O–H groups in total. The van der Waals surface area contributed by atoms with E-state index in [1.807, 2.05) is 33.8 Å². The summed E-state index contributed by atoms with van der Waals surface area (Å²) >= 11 is 0. The minimum Gasteiger partial charge on any atom is -0.342 e. The molecule has 0 spiro atoms. The van der Waals surface area contributed by atoms with Crippen molar-refractivity contribution in [3.8, 4) is 0 Å². The van der Waals surface area contributed by atoms with Gasteiger partial charge in [-0.15, -0.1) is 0 Å². The van der Waals surface area contributed by atoms with Gasteiger partial charge < -0.3 is 9.80 Å². The second-order valence-electron chi connectivity index (χ2n) is 6.87. The fraction of sp³-hybridized carbons (Fsp3) is 0.706. The third-order valence-corrected chi connectivity index (χ3v) is 5.04. The zero-order valence-corrected chi connectivity index (χ0v) is 14.1. The smallest absolute Gasteiger partial charge is 0.227 e. The third kappa shape index (κ3) is 3.57. The number of aryl methyl sites for hydroxylation is 1. The van der Waals surface area contributed by atoms with Crippen LogP contribution in [-0.2, 0) is 16.1 Å². The van der Waals surface area contributed by atoms with Gasteiger partial charge in [-0.1, -0.05) is 0 Å². The van der Waals surface area contributed by atoms with E-state index in [1.54, 1.807) is 6.92 Å². The highest BCUT2D eigenvalue weighted by Crippen LogP contribution is 2.25. The average molecular weight is 318 g/mol. The second kappa shape index (κ2) is 6.72. The molecule has 6 nitrogen and oxygen atoms in total. The number of nitrogens with zero attached hydrogens (tertiary/aromatic N) is 4. The lowest BCUT2D eigenvalue weighted by Gasteiger charge is -2.35. The Labute approximate surface area is 137 Å². The molecule has 3 heterocycles. The summed E-state index contributed by atoms with van der Waals surface area (Å²) in [5, 5.41) is 4.35. The van der Waals surface area contributed by atoms with Gasteiger partial charge in [0.2, 0.25) is 11.8 Å². The minimum atomic E-state index is -0.0346. The Kier molecular flexibility index (Phi) is 4.68. The van der Waals surface area contributed by atoms with E-state index in [1.165, 1.54) is 0 Å². The van der Waals surface area contributed by atoms with Gasteiger partial charge in [-0.05, 0) is 38.2 Å². The van der Waals surface area contributed by atoms with Gasteiger partial charge in [0.1, 0.15) is 0 Å². The molecule has 23 heavy (non-hydrogen) atoms. The van der Waals surface area contributed by atoms with Crippen LogP contribution >= 0.6 is 0 Å². The third-order valence-electron chi connectivity index (χ3n) is 5.04. The highest BCUT2D eigenvalue weighted by atomic mass is 16.2. The quantitative estimate of drug-likeness (QED) is 0.847. The van der Waals surface area contributed by atoms with E-state index in [0.717, 1.165) is 50.9 Å². The maximum absolute atomic E-state index is 12.9. The van der Waals surface area contributed by atoms with Crippen LogP contribution in [0.1, 0.15) is 38.2 Å². The van der Waals surface area contributed by atoms with Crippen LogP contribution in [-0.4, -0.2) is 57.1 Å². The fourth-order valence-electron chi connectivity index (χ4n) is 3.80. The molecule has 0 unspecified atom stereocenters. The number of carbonyl (C=O) groups excluding carboxylic acids is 2. The number of amides is 2. The Morgan fingerprint density at radius 2 is 2.04 bits per heavy atom. The van der Waals surface area contributed by atoms with Crippen molar-refractivity contribution in [1.29, 1.82) is 0 Å². The molecule has 2 saturated heterocycles. The van der Waals surface area contributed by atoms with Crippen molar-refractivity contribution in [3.05, 3.63) is 18.0 Å². The van der Waals surface area contributed by atoms with Crippen LogP contribution in [0.25, 0.3) is 0 Å². The van der Waals surface area contributed by atoms with Gasteiger partial charge in [0, 0.05) is 32.8 Å². The summed E-state index contributed by atoms with van der Waals surface area (Å²) in [5.74, 6) is 0.266. The molecule has 2 aliphatic rings. The van der Waals surface area contributed by atoms with Gasteiger partial charge in [-0.25, -0.2) is 0 Å². The first-order chi connectivity index (χ1) is 11.0. The van der Waals surface area contributed by atoms with E-state index < -0.39 is 0 Å². The van der Waals surface area contributed by atoms with Crippen LogP contribution in [0, 0.1) is 12.8 Å².